The van der Waals surface area contributed by atoms with Gasteiger partial charge in [-0.25, -0.2) is 0 Å². The van der Waals surface area contributed by atoms with Gasteiger partial charge in [-0.1, -0.05) is 30.3 Å². The van der Waals surface area contributed by atoms with Gasteiger partial charge in [-0.05, 0) is 42.7 Å². The van der Waals surface area contributed by atoms with Crippen molar-refractivity contribution in [1.82, 2.24) is 4.90 Å². The number of amides is 1. The topological polar surface area (TPSA) is 28.0 Å². The van der Waals surface area contributed by atoms with E-state index in [2.05, 4.69) is 12.1 Å². The molecule has 160 valence electrons. The molecule has 1 saturated heterocycles. The number of nitrogens with one attached hydrogen (secondary N) is 1. The number of hydrogen-bond donors (Lipinski definition) is 1. The SMILES string of the molecule is C[C@@H](C(=O)N1CCc2ccccc2C1)[NH+]1CCN(c2cccc(C(F)(F)F)c2)CC1. The van der Waals surface area contributed by atoms with Gasteiger partial charge in [0.1, 0.15) is 0 Å². The molecule has 4 nitrogen and oxygen atoms in total. The zero-order valence-electron chi connectivity index (χ0n) is 17.1. The number of anilines is 1. The fourth-order valence-corrected chi connectivity index (χ4v) is 4.50. The van der Waals surface area contributed by atoms with Gasteiger partial charge in [0.05, 0.1) is 31.7 Å². The number of carbonyl (C=O) groups is 1. The summed E-state index contributed by atoms with van der Waals surface area (Å²) < 4.78 is 39.0. The van der Waals surface area contributed by atoms with E-state index in [0.717, 1.165) is 32.1 Å². The average Bonchev–Trinajstić information content (AvgIpc) is 2.77. The summed E-state index contributed by atoms with van der Waals surface area (Å²) in [6, 6.07) is 13.6. The molecule has 2 heterocycles. The molecular formula is C23H27F3N3O+. The van der Waals surface area contributed by atoms with Gasteiger partial charge in [-0.15, -0.1) is 0 Å². The summed E-state index contributed by atoms with van der Waals surface area (Å²) in [5.74, 6) is 0.159. The third kappa shape index (κ3) is 4.31. The lowest BCUT2D eigenvalue weighted by molar-refractivity contribution is -0.915. The summed E-state index contributed by atoms with van der Waals surface area (Å²) in [6.07, 6.45) is -3.45. The Kier molecular flexibility index (Phi) is 5.73. The Hall–Kier alpha value is -2.54. The smallest absolute Gasteiger partial charge is 0.360 e. The van der Waals surface area contributed by atoms with Crippen LogP contribution in [0.4, 0.5) is 18.9 Å². The summed E-state index contributed by atoms with van der Waals surface area (Å²) in [7, 11) is 0. The van der Waals surface area contributed by atoms with Crippen molar-refractivity contribution in [1.29, 1.82) is 0 Å². The van der Waals surface area contributed by atoms with Crippen molar-refractivity contribution < 1.29 is 22.9 Å². The van der Waals surface area contributed by atoms with Crippen LogP contribution in [-0.4, -0.2) is 49.6 Å². The molecule has 1 atom stereocenters. The first kappa shape index (κ1) is 20.7. The maximum Gasteiger partial charge on any atom is 0.416 e. The third-order valence-electron chi connectivity index (χ3n) is 6.37. The molecule has 0 aromatic heterocycles. The van der Waals surface area contributed by atoms with E-state index < -0.39 is 11.7 Å². The number of halogens is 3. The van der Waals surface area contributed by atoms with Crippen LogP contribution < -0.4 is 9.80 Å². The minimum Gasteiger partial charge on any atom is -0.360 e. The van der Waals surface area contributed by atoms with Crippen LogP contribution in [0.25, 0.3) is 0 Å². The number of fused-ring (bicyclic) bond motifs is 1. The highest BCUT2D eigenvalue weighted by molar-refractivity contribution is 5.80. The van der Waals surface area contributed by atoms with Gasteiger partial charge < -0.3 is 14.7 Å². The van der Waals surface area contributed by atoms with Crippen LogP contribution in [0.3, 0.4) is 0 Å². The van der Waals surface area contributed by atoms with Gasteiger partial charge in [-0.2, -0.15) is 13.2 Å². The molecule has 0 radical (unpaired) electrons. The molecule has 1 N–H and O–H groups in total. The van der Waals surface area contributed by atoms with Crippen molar-refractivity contribution in [2.24, 2.45) is 0 Å². The molecule has 1 fully saturated rings. The van der Waals surface area contributed by atoms with Crippen LogP contribution >= 0.6 is 0 Å². The van der Waals surface area contributed by atoms with E-state index in [1.165, 1.54) is 28.2 Å². The fraction of sp³-hybridized carbons (Fsp3) is 0.435. The lowest BCUT2D eigenvalue weighted by atomic mass is 9.99. The molecule has 1 amide bonds. The lowest BCUT2D eigenvalue weighted by Crippen LogP contribution is -3.19. The monoisotopic (exact) mass is 418 g/mol. The van der Waals surface area contributed by atoms with E-state index in [0.29, 0.717) is 25.3 Å². The van der Waals surface area contributed by atoms with E-state index in [1.807, 2.05) is 28.9 Å². The number of piperazine rings is 1. The number of carbonyl (C=O) groups excluding carboxylic acids is 1. The van der Waals surface area contributed by atoms with E-state index in [1.54, 1.807) is 6.07 Å². The van der Waals surface area contributed by atoms with Crippen molar-refractivity contribution in [3.63, 3.8) is 0 Å². The summed E-state index contributed by atoms with van der Waals surface area (Å²) in [5.41, 5.74) is 2.50. The molecule has 0 bridgehead atoms. The molecule has 2 aromatic carbocycles. The van der Waals surface area contributed by atoms with E-state index in [-0.39, 0.29) is 11.9 Å². The Balaban J connectivity index is 1.36. The summed E-state index contributed by atoms with van der Waals surface area (Å²) >= 11 is 0. The highest BCUT2D eigenvalue weighted by Crippen LogP contribution is 2.31. The van der Waals surface area contributed by atoms with Crippen molar-refractivity contribution in [3.05, 3.63) is 65.2 Å². The number of quaternary nitrogens is 1. The summed E-state index contributed by atoms with van der Waals surface area (Å²) in [5, 5.41) is 0. The second-order valence-corrected chi connectivity index (χ2v) is 8.19. The average molecular weight is 418 g/mol. The van der Waals surface area contributed by atoms with E-state index in [9.17, 15) is 18.0 Å². The predicted octanol–water partition coefficient (Wildman–Crippen LogP) is 2.38. The van der Waals surface area contributed by atoms with Gasteiger partial charge in [0, 0.05) is 18.8 Å². The zero-order valence-corrected chi connectivity index (χ0v) is 17.1. The second-order valence-electron chi connectivity index (χ2n) is 8.19. The molecular weight excluding hydrogens is 391 g/mol. The maximum absolute atomic E-state index is 13.1. The van der Waals surface area contributed by atoms with Gasteiger partial charge in [0.2, 0.25) is 0 Å². The third-order valence-corrected chi connectivity index (χ3v) is 6.37. The van der Waals surface area contributed by atoms with Crippen LogP contribution in [0.2, 0.25) is 0 Å². The van der Waals surface area contributed by atoms with Gasteiger partial charge >= 0.3 is 6.18 Å². The fourth-order valence-electron chi connectivity index (χ4n) is 4.50. The van der Waals surface area contributed by atoms with Gasteiger partial charge in [0.15, 0.2) is 6.04 Å². The van der Waals surface area contributed by atoms with Crippen molar-refractivity contribution >= 4 is 11.6 Å². The van der Waals surface area contributed by atoms with Crippen molar-refractivity contribution in [2.75, 3.05) is 37.6 Å². The molecule has 2 aliphatic rings. The number of benzene rings is 2. The lowest BCUT2D eigenvalue weighted by Gasteiger charge is -2.38. The molecule has 7 heteroatoms. The number of alkyl halides is 3. The van der Waals surface area contributed by atoms with Gasteiger partial charge in [0.25, 0.3) is 5.91 Å². The second kappa shape index (κ2) is 8.30. The van der Waals surface area contributed by atoms with Crippen LogP contribution in [-0.2, 0) is 23.9 Å². The first-order chi connectivity index (χ1) is 14.3. The number of nitrogens with zero attached hydrogens (tertiary/aromatic N) is 2. The predicted molar refractivity (Wildman–Crippen MR) is 109 cm³/mol. The number of hydrogen-bond acceptors (Lipinski definition) is 2. The van der Waals surface area contributed by atoms with E-state index >= 15 is 0 Å². The Morgan fingerprint density at radius 3 is 2.40 bits per heavy atom. The van der Waals surface area contributed by atoms with Gasteiger partial charge in [-0.3, -0.25) is 4.79 Å². The Morgan fingerprint density at radius 2 is 1.70 bits per heavy atom. The van der Waals surface area contributed by atoms with Crippen LogP contribution in [0.5, 0.6) is 0 Å². The highest BCUT2D eigenvalue weighted by atomic mass is 19.4. The Morgan fingerprint density at radius 1 is 1.00 bits per heavy atom. The largest absolute Gasteiger partial charge is 0.416 e. The molecule has 4 rings (SSSR count). The minimum atomic E-state index is -4.34. The van der Waals surface area contributed by atoms with E-state index in [4.69, 9.17) is 0 Å². The molecule has 0 saturated carbocycles. The quantitative estimate of drug-likeness (QED) is 0.829. The molecule has 0 aliphatic carbocycles. The number of rotatable bonds is 3. The minimum absolute atomic E-state index is 0.154. The first-order valence-electron chi connectivity index (χ1n) is 10.5. The Labute approximate surface area is 174 Å². The Bertz CT molecular complexity index is 907. The molecule has 30 heavy (non-hydrogen) atoms. The summed E-state index contributed by atoms with van der Waals surface area (Å²) in [6.45, 7) is 6.10. The maximum atomic E-state index is 13.1. The molecule has 2 aliphatic heterocycles. The van der Waals surface area contributed by atoms with Crippen LogP contribution in [0.15, 0.2) is 48.5 Å². The zero-order chi connectivity index (χ0) is 21.3. The van der Waals surface area contributed by atoms with Crippen LogP contribution in [0.1, 0.15) is 23.6 Å². The summed E-state index contributed by atoms with van der Waals surface area (Å²) in [4.78, 5) is 18.2. The van der Waals surface area contributed by atoms with Crippen LogP contribution in [0, 0.1) is 0 Å². The molecule has 2 aromatic rings. The normalized spacial score (nSPS) is 18.8. The first-order valence-corrected chi connectivity index (χ1v) is 10.5. The van der Waals surface area contributed by atoms with Crippen molar-refractivity contribution in [2.45, 2.75) is 32.1 Å². The molecule has 0 spiro atoms. The highest BCUT2D eigenvalue weighted by Gasteiger charge is 2.34. The standard InChI is InChI=1S/C23H26F3N3O/c1-17(22(30)29-10-9-18-5-2-3-6-19(18)16-29)27-11-13-28(14-12-27)21-8-4-7-20(15-21)23(24,25)26/h2-8,15,17H,9-14,16H2,1H3/p+1/t17-/m0/s1. The molecule has 0 unspecified atom stereocenters. The van der Waals surface area contributed by atoms with Crippen molar-refractivity contribution in [3.8, 4) is 0 Å².